The minimum absolute atomic E-state index is 0.400. The number of hydrogen-bond acceptors (Lipinski definition) is 4. The van der Waals surface area contributed by atoms with E-state index in [0.29, 0.717) is 12.7 Å². The minimum atomic E-state index is 0.400. The Kier molecular flexibility index (Phi) is 4.55. The number of nitrogens with one attached hydrogen (secondary N) is 1. The van der Waals surface area contributed by atoms with Crippen molar-refractivity contribution in [2.24, 2.45) is 5.92 Å². The van der Waals surface area contributed by atoms with E-state index >= 15 is 0 Å². The Morgan fingerprint density at radius 2 is 2.17 bits per heavy atom. The Labute approximate surface area is 109 Å². The summed E-state index contributed by atoms with van der Waals surface area (Å²) < 4.78 is 11.1. The second kappa shape index (κ2) is 6.16. The van der Waals surface area contributed by atoms with Crippen LogP contribution < -0.4 is 10.1 Å². The zero-order valence-corrected chi connectivity index (χ0v) is 11.4. The molecule has 1 aliphatic carbocycles. The molecule has 1 saturated carbocycles. The lowest BCUT2D eigenvalue weighted by atomic mass is 9.82. The van der Waals surface area contributed by atoms with Gasteiger partial charge in [-0.25, -0.2) is 0 Å². The highest BCUT2D eigenvalue weighted by molar-refractivity contribution is 5.26. The van der Waals surface area contributed by atoms with Gasteiger partial charge in [-0.05, 0) is 39.3 Å². The number of pyridine rings is 1. The van der Waals surface area contributed by atoms with Crippen LogP contribution in [0.2, 0.25) is 0 Å². The molecule has 0 unspecified atom stereocenters. The van der Waals surface area contributed by atoms with Crippen LogP contribution in [0.1, 0.15) is 24.2 Å². The molecule has 0 bridgehead atoms. The zero-order valence-electron chi connectivity index (χ0n) is 11.4. The van der Waals surface area contributed by atoms with Crippen molar-refractivity contribution in [2.45, 2.75) is 32.5 Å². The van der Waals surface area contributed by atoms with Crippen LogP contribution in [0.5, 0.6) is 5.75 Å². The predicted molar refractivity (Wildman–Crippen MR) is 70.8 cm³/mol. The Bertz CT molecular complexity index is 389. The molecule has 0 radical (unpaired) electrons. The van der Waals surface area contributed by atoms with Crippen LogP contribution >= 0.6 is 0 Å². The molecular weight excluding hydrogens is 228 g/mol. The van der Waals surface area contributed by atoms with E-state index in [-0.39, 0.29) is 0 Å². The maximum absolute atomic E-state index is 5.85. The van der Waals surface area contributed by atoms with Gasteiger partial charge in [0.25, 0.3) is 0 Å². The third kappa shape index (κ3) is 3.43. The third-order valence-electron chi connectivity index (χ3n) is 3.37. The monoisotopic (exact) mass is 250 g/mol. The SMILES string of the molecule is CNCC1CC(OCc2cc(OC)cc(C)n2)C1. The van der Waals surface area contributed by atoms with Crippen LogP contribution in [0, 0.1) is 12.8 Å². The lowest BCUT2D eigenvalue weighted by Gasteiger charge is -2.34. The Hall–Kier alpha value is -1.13. The van der Waals surface area contributed by atoms with Crippen molar-refractivity contribution < 1.29 is 9.47 Å². The third-order valence-corrected chi connectivity index (χ3v) is 3.37. The first-order valence-corrected chi connectivity index (χ1v) is 6.49. The number of rotatable bonds is 6. The molecule has 0 amide bonds. The van der Waals surface area contributed by atoms with E-state index in [0.717, 1.165) is 42.4 Å². The van der Waals surface area contributed by atoms with Crippen LogP contribution in [0.3, 0.4) is 0 Å². The van der Waals surface area contributed by atoms with Crippen LogP contribution in [0.15, 0.2) is 12.1 Å². The number of aromatic nitrogens is 1. The Morgan fingerprint density at radius 1 is 1.39 bits per heavy atom. The van der Waals surface area contributed by atoms with Gasteiger partial charge in [0.1, 0.15) is 5.75 Å². The largest absolute Gasteiger partial charge is 0.497 e. The molecule has 1 aliphatic rings. The average Bonchev–Trinajstić information content (AvgIpc) is 2.31. The molecule has 2 rings (SSSR count). The van der Waals surface area contributed by atoms with Crippen LogP contribution in [-0.2, 0) is 11.3 Å². The van der Waals surface area contributed by atoms with Crippen LogP contribution in [0.4, 0.5) is 0 Å². The molecular formula is C14H22N2O2. The van der Waals surface area contributed by atoms with E-state index < -0.39 is 0 Å². The molecule has 100 valence electrons. The molecule has 1 aromatic rings. The van der Waals surface area contributed by atoms with Crippen molar-refractivity contribution in [3.63, 3.8) is 0 Å². The quantitative estimate of drug-likeness (QED) is 0.837. The highest BCUT2D eigenvalue weighted by Crippen LogP contribution is 2.30. The van der Waals surface area contributed by atoms with Gasteiger partial charge in [0.05, 0.1) is 25.5 Å². The van der Waals surface area contributed by atoms with Crippen LogP contribution in [-0.4, -0.2) is 31.8 Å². The fraction of sp³-hybridized carbons (Fsp3) is 0.643. The lowest BCUT2D eigenvalue weighted by Crippen LogP contribution is -2.36. The molecule has 0 saturated heterocycles. The van der Waals surface area contributed by atoms with Crippen molar-refractivity contribution in [1.82, 2.24) is 10.3 Å². The van der Waals surface area contributed by atoms with Gasteiger partial charge in [0.15, 0.2) is 0 Å². The summed E-state index contributed by atoms with van der Waals surface area (Å²) in [5.74, 6) is 1.63. The number of methoxy groups -OCH3 is 1. The van der Waals surface area contributed by atoms with Crippen molar-refractivity contribution in [3.8, 4) is 5.75 Å². The van der Waals surface area contributed by atoms with Gasteiger partial charge in [-0.1, -0.05) is 0 Å². The summed E-state index contributed by atoms with van der Waals surface area (Å²) in [6.07, 6.45) is 2.71. The molecule has 0 spiro atoms. The van der Waals surface area contributed by atoms with Gasteiger partial charge in [-0.3, -0.25) is 4.98 Å². The van der Waals surface area contributed by atoms with E-state index in [4.69, 9.17) is 9.47 Å². The van der Waals surface area contributed by atoms with Gasteiger partial charge in [0, 0.05) is 17.8 Å². The fourth-order valence-electron chi connectivity index (χ4n) is 2.36. The van der Waals surface area contributed by atoms with E-state index in [1.54, 1.807) is 7.11 Å². The van der Waals surface area contributed by atoms with Gasteiger partial charge in [-0.15, -0.1) is 0 Å². The number of hydrogen-bond donors (Lipinski definition) is 1. The second-order valence-corrected chi connectivity index (χ2v) is 4.97. The molecule has 1 N–H and O–H groups in total. The minimum Gasteiger partial charge on any atom is -0.497 e. The maximum atomic E-state index is 5.85. The van der Waals surface area contributed by atoms with E-state index in [9.17, 15) is 0 Å². The predicted octanol–water partition coefficient (Wildman–Crippen LogP) is 1.91. The summed E-state index contributed by atoms with van der Waals surface area (Å²) >= 11 is 0. The van der Waals surface area contributed by atoms with Crippen LogP contribution in [0.25, 0.3) is 0 Å². The summed E-state index contributed by atoms with van der Waals surface area (Å²) in [6, 6.07) is 3.87. The summed E-state index contributed by atoms with van der Waals surface area (Å²) in [5.41, 5.74) is 1.92. The van der Waals surface area contributed by atoms with Crippen molar-refractivity contribution in [3.05, 3.63) is 23.5 Å². The van der Waals surface area contributed by atoms with E-state index in [1.165, 1.54) is 0 Å². The first kappa shape index (κ1) is 13.3. The summed E-state index contributed by atoms with van der Waals surface area (Å²) in [5, 5.41) is 3.20. The van der Waals surface area contributed by atoms with E-state index in [2.05, 4.69) is 10.3 Å². The van der Waals surface area contributed by atoms with Gasteiger partial charge in [0.2, 0.25) is 0 Å². The number of nitrogens with zero attached hydrogens (tertiary/aromatic N) is 1. The van der Waals surface area contributed by atoms with Crippen molar-refractivity contribution in [2.75, 3.05) is 20.7 Å². The van der Waals surface area contributed by atoms with E-state index in [1.807, 2.05) is 26.1 Å². The normalized spacial score (nSPS) is 22.6. The Balaban J connectivity index is 1.79. The summed E-state index contributed by atoms with van der Waals surface area (Å²) in [4.78, 5) is 4.45. The standard InChI is InChI=1S/C14H22N2O2/c1-10-4-13(17-3)7-12(16-10)9-18-14-5-11(6-14)8-15-2/h4,7,11,14-15H,5-6,8-9H2,1-3H3. The highest BCUT2D eigenvalue weighted by atomic mass is 16.5. The fourth-order valence-corrected chi connectivity index (χ4v) is 2.36. The zero-order chi connectivity index (χ0) is 13.0. The van der Waals surface area contributed by atoms with Gasteiger partial charge >= 0.3 is 0 Å². The topological polar surface area (TPSA) is 43.4 Å². The molecule has 0 aliphatic heterocycles. The highest BCUT2D eigenvalue weighted by Gasteiger charge is 2.29. The first-order chi connectivity index (χ1) is 8.71. The lowest BCUT2D eigenvalue weighted by molar-refractivity contribution is -0.0403. The Morgan fingerprint density at radius 3 is 2.83 bits per heavy atom. The average molecular weight is 250 g/mol. The van der Waals surface area contributed by atoms with Crippen molar-refractivity contribution in [1.29, 1.82) is 0 Å². The molecule has 4 heteroatoms. The summed E-state index contributed by atoms with van der Waals surface area (Å²) in [7, 11) is 3.67. The summed E-state index contributed by atoms with van der Waals surface area (Å²) in [6.45, 7) is 3.64. The molecule has 1 heterocycles. The molecule has 1 aromatic heterocycles. The van der Waals surface area contributed by atoms with Gasteiger partial charge < -0.3 is 14.8 Å². The smallest absolute Gasteiger partial charge is 0.122 e. The molecule has 18 heavy (non-hydrogen) atoms. The van der Waals surface area contributed by atoms with Crippen molar-refractivity contribution >= 4 is 0 Å². The second-order valence-electron chi connectivity index (χ2n) is 4.97. The molecule has 4 nitrogen and oxygen atoms in total. The maximum Gasteiger partial charge on any atom is 0.122 e. The molecule has 1 fully saturated rings. The van der Waals surface area contributed by atoms with Gasteiger partial charge in [-0.2, -0.15) is 0 Å². The molecule has 0 atom stereocenters. The molecule has 0 aromatic carbocycles. The first-order valence-electron chi connectivity index (χ1n) is 6.49. The number of aryl methyl sites for hydroxylation is 1. The number of ether oxygens (including phenoxy) is 2.